The molecule has 1 aromatic rings. The minimum absolute atomic E-state index is 0.0667. The highest BCUT2D eigenvalue weighted by atomic mass is 16.2. The largest absolute Gasteiger partial charge is 0.325 e. The third-order valence-corrected chi connectivity index (χ3v) is 3.78. The van der Waals surface area contributed by atoms with Crippen LogP contribution in [0.3, 0.4) is 0 Å². The normalized spacial score (nSPS) is 20.3. The van der Waals surface area contributed by atoms with Crippen molar-refractivity contribution < 1.29 is 4.79 Å². The Morgan fingerprint density at radius 1 is 1.42 bits per heavy atom. The molecule has 2 rings (SSSR count). The summed E-state index contributed by atoms with van der Waals surface area (Å²) >= 11 is 0. The van der Waals surface area contributed by atoms with Crippen LogP contribution in [0.5, 0.6) is 0 Å². The van der Waals surface area contributed by atoms with E-state index in [0.717, 1.165) is 25.3 Å². The molecule has 0 saturated carbocycles. The average molecular weight is 261 g/mol. The molecule has 0 aliphatic carbocycles. The van der Waals surface area contributed by atoms with Crippen molar-refractivity contribution in [2.75, 3.05) is 31.5 Å². The molecule has 0 bridgehead atoms. The summed E-state index contributed by atoms with van der Waals surface area (Å²) in [6.07, 6.45) is 0. The Hall–Kier alpha value is -1.39. The predicted molar refractivity (Wildman–Crippen MR) is 78.5 cm³/mol. The Balaban J connectivity index is 1.91. The monoisotopic (exact) mass is 261 g/mol. The standard InChI is InChI=1S/C15H23N3O/c1-11-4-5-14(8-12(11)2)17-15(19)10-18-7-6-16-9-13(18)3/h4-5,8,13,16H,6-7,9-10H2,1-3H3,(H,17,19)/t13-/m1/s1. The van der Waals surface area contributed by atoms with E-state index in [1.807, 2.05) is 18.2 Å². The van der Waals surface area contributed by atoms with Crippen molar-refractivity contribution in [2.45, 2.75) is 26.8 Å². The summed E-state index contributed by atoms with van der Waals surface area (Å²) in [6.45, 7) is 9.59. The van der Waals surface area contributed by atoms with Crippen molar-refractivity contribution in [2.24, 2.45) is 0 Å². The van der Waals surface area contributed by atoms with Crippen molar-refractivity contribution in [1.29, 1.82) is 0 Å². The lowest BCUT2D eigenvalue weighted by Gasteiger charge is -2.33. The average Bonchev–Trinajstić information content (AvgIpc) is 2.37. The molecule has 1 atom stereocenters. The van der Waals surface area contributed by atoms with Gasteiger partial charge in [-0.15, -0.1) is 0 Å². The van der Waals surface area contributed by atoms with E-state index < -0.39 is 0 Å². The highest BCUT2D eigenvalue weighted by Gasteiger charge is 2.20. The highest BCUT2D eigenvalue weighted by molar-refractivity contribution is 5.92. The van der Waals surface area contributed by atoms with Gasteiger partial charge >= 0.3 is 0 Å². The van der Waals surface area contributed by atoms with Gasteiger partial charge in [-0.3, -0.25) is 9.69 Å². The number of hydrogen-bond donors (Lipinski definition) is 2. The van der Waals surface area contributed by atoms with Crippen molar-refractivity contribution >= 4 is 11.6 Å². The van der Waals surface area contributed by atoms with Crippen molar-refractivity contribution in [3.05, 3.63) is 29.3 Å². The molecule has 104 valence electrons. The Morgan fingerprint density at radius 2 is 2.21 bits per heavy atom. The molecular formula is C15H23N3O. The fourth-order valence-corrected chi connectivity index (χ4v) is 2.32. The summed E-state index contributed by atoms with van der Waals surface area (Å²) in [6, 6.07) is 6.44. The fraction of sp³-hybridized carbons (Fsp3) is 0.533. The lowest BCUT2D eigenvalue weighted by molar-refractivity contribution is -0.118. The summed E-state index contributed by atoms with van der Waals surface area (Å²) in [5.74, 6) is 0.0667. The number of hydrogen-bond acceptors (Lipinski definition) is 3. The molecule has 0 unspecified atom stereocenters. The number of rotatable bonds is 3. The third kappa shape index (κ3) is 3.78. The van der Waals surface area contributed by atoms with Crippen LogP contribution in [0, 0.1) is 13.8 Å². The zero-order valence-electron chi connectivity index (χ0n) is 12.0. The molecule has 0 radical (unpaired) electrons. The van der Waals surface area contributed by atoms with E-state index in [0.29, 0.717) is 12.6 Å². The van der Waals surface area contributed by atoms with Gasteiger partial charge in [-0.25, -0.2) is 0 Å². The molecule has 1 aromatic carbocycles. The van der Waals surface area contributed by atoms with E-state index in [1.54, 1.807) is 0 Å². The number of aryl methyl sites for hydroxylation is 2. The maximum Gasteiger partial charge on any atom is 0.238 e. The van der Waals surface area contributed by atoms with Crippen LogP contribution >= 0.6 is 0 Å². The zero-order chi connectivity index (χ0) is 13.8. The number of anilines is 1. The molecule has 1 fully saturated rings. The Morgan fingerprint density at radius 3 is 2.89 bits per heavy atom. The summed E-state index contributed by atoms with van der Waals surface area (Å²) in [5.41, 5.74) is 3.33. The van der Waals surface area contributed by atoms with Crippen molar-refractivity contribution in [3.8, 4) is 0 Å². The molecule has 4 nitrogen and oxygen atoms in total. The van der Waals surface area contributed by atoms with Crippen molar-refractivity contribution in [1.82, 2.24) is 10.2 Å². The van der Waals surface area contributed by atoms with E-state index in [2.05, 4.69) is 36.3 Å². The maximum atomic E-state index is 12.0. The topological polar surface area (TPSA) is 44.4 Å². The molecule has 19 heavy (non-hydrogen) atoms. The van der Waals surface area contributed by atoms with Crippen LogP contribution in [-0.4, -0.2) is 43.0 Å². The Bertz CT molecular complexity index is 459. The molecular weight excluding hydrogens is 238 g/mol. The molecule has 2 N–H and O–H groups in total. The summed E-state index contributed by atoms with van der Waals surface area (Å²) in [7, 11) is 0. The van der Waals surface area contributed by atoms with E-state index >= 15 is 0 Å². The molecule has 1 aliphatic rings. The van der Waals surface area contributed by atoms with Gasteiger partial charge in [0.1, 0.15) is 0 Å². The highest BCUT2D eigenvalue weighted by Crippen LogP contribution is 2.14. The molecule has 0 aromatic heterocycles. The van der Waals surface area contributed by atoms with E-state index in [1.165, 1.54) is 11.1 Å². The van der Waals surface area contributed by atoms with Crippen LogP contribution in [0.15, 0.2) is 18.2 Å². The van der Waals surface area contributed by atoms with Gasteiger partial charge in [0.25, 0.3) is 0 Å². The van der Waals surface area contributed by atoms with Gasteiger partial charge in [-0.05, 0) is 44.0 Å². The summed E-state index contributed by atoms with van der Waals surface area (Å²) in [4.78, 5) is 14.3. The number of nitrogens with zero attached hydrogens (tertiary/aromatic N) is 1. The van der Waals surface area contributed by atoms with Gasteiger partial charge in [0.05, 0.1) is 6.54 Å². The lowest BCUT2D eigenvalue weighted by atomic mass is 10.1. The predicted octanol–water partition coefficient (Wildman–Crippen LogP) is 1.54. The molecule has 0 spiro atoms. The minimum Gasteiger partial charge on any atom is -0.325 e. The number of carbonyl (C=O) groups is 1. The lowest BCUT2D eigenvalue weighted by Crippen LogP contribution is -2.51. The number of amides is 1. The van der Waals surface area contributed by atoms with E-state index in [4.69, 9.17) is 0 Å². The first kappa shape index (κ1) is 14.0. The third-order valence-electron chi connectivity index (χ3n) is 3.78. The first-order valence-corrected chi connectivity index (χ1v) is 6.88. The van der Waals surface area contributed by atoms with Crippen LogP contribution in [0.4, 0.5) is 5.69 Å². The second kappa shape index (κ2) is 6.17. The number of nitrogens with one attached hydrogen (secondary N) is 2. The first-order chi connectivity index (χ1) is 9.06. The summed E-state index contributed by atoms with van der Waals surface area (Å²) < 4.78 is 0. The Kier molecular flexibility index (Phi) is 4.56. The van der Waals surface area contributed by atoms with Gasteiger partial charge in [-0.2, -0.15) is 0 Å². The van der Waals surface area contributed by atoms with E-state index in [9.17, 15) is 4.79 Å². The smallest absolute Gasteiger partial charge is 0.238 e. The van der Waals surface area contributed by atoms with Crippen LogP contribution in [0.2, 0.25) is 0 Å². The fourth-order valence-electron chi connectivity index (χ4n) is 2.32. The minimum atomic E-state index is 0.0667. The van der Waals surface area contributed by atoms with Crippen LogP contribution in [-0.2, 0) is 4.79 Å². The van der Waals surface area contributed by atoms with Gasteiger partial charge in [0, 0.05) is 31.4 Å². The maximum absolute atomic E-state index is 12.0. The van der Waals surface area contributed by atoms with Gasteiger partial charge in [0.2, 0.25) is 5.91 Å². The van der Waals surface area contributed by atoms with Crippen LogP contribution in [0.1, 0.15) is 18.1 Å². The summed E-state index contributed by atoms with van der Waals surface area (Å²) in [5, 5.41) is 6.30. The van der Waals surface area contributed by atoms with Gasteiger partial charge in [-0.1, -0.05) is 6.07 Å². The second-order valence-electron chi connectivity index (χ2n) is 5.37. The molecule has 1 aliphatic heterocycles. The van der Waals surface area contributed by atoms with Crippen LogP contribution in [0.25, 0.3) is 0 Å². The second-order valence-corrected chi connectivity index (χ2v) is 5.37. The zero-order valence-corrected chi connectivity index (χ0v) is 12.0. The van der Waals surface area contributed by atoms with E-state index in [-0.39, 0.29) is 5.91 Å². The molecule has 1 heterocycles. The molecule has 1 saturated heterocycles. The quantitative estimate of drug-likeness (QED) is 0.867. The number of piperazine rings is 1. The number of benzene rings is 1. The Labute approximate surface area is 115 Å². The number of carbonyl (C=O) groups excluding carboxylic acids is 1. The van der Waals surface area contributed by atoms with Gasteiger partial charge in [0.15, 0.2) is 0 Å². The first-order valence-electron chi connectivity index (χ1n) is 6.88. The van der Waals surface area contributed by atoms with Crippen LogP contribution < -0.4 is 10.6 Å². The molecule has 4 heteroatoms. The van der Waals surface area contributed by atoms with Gasteiger partial charge < -0.3 is 10.6 Å². The molecule has 1 amide bonds. The van der Waals surface area contributed by atoms with Crippen molar-refractivity contribution in [3.63, 3.8) is 0 Å². The SMILES string of the molecule is Cc1ccc(NC(=O)CN2CCNC[C@H]2C)cc1C.